The van der Waals surface area contributed by atoms with Gasteiger partial charge in [-0.25, -0.2) is 0 Å². The van der Waals surface area contributed by atoms with Crippen molar-refractivity contribution in [2.45, 2.75) is 0 Å². The molecular formula is C6H11NOSi. The minimum Gasteiger partial charge on any atom is -0.431 e. The summed E-state index contributed by atoms with van der Waals surface area (Å²) < 4.78 is 4.39. The van der Waals surface area contributed by atoms with Crippen LogP contribution in [0, 0.1) is 0 Å². The van der Waals surface area contributed by atoms with Crippen molar-refractivity contribution in [1.82, 2.24) is 4.98 Å². The average Bonchev–Trinajstić information content (AvgIpc) is 1.93. The lowest BCUT2D eigenvalue weighted by Gasteiger charge is -1.70. The fraction of sp³-hybridized carbons (Fsp3) is 0.167. The molecule has 0 saturated carbocycles. The summed E-state index contributed by atoms with van der Waals surface area (Å²) in [5.74, 6) is 0. The Balaban J connectivity index is 0.000000187. The van der Waals surface area contributed by atoms with E-state index in [1.165, 1.54) is 0 Å². The molecule has 0 spiro atoms. The van der Waals surface area contributed by atoms with Crippen molar-refractivity contribution in [3.63, 3.8) is 0 Å². The molecule has 0 aliphatic heterocycles. The minimum atomic E-state index is 0.869. The SMILES string of the molecule is CO[SiH3].c1ccncc1. The lowest BCUT2D eigenvalue weighted by atomic mass is 10.5. The van der Waals surface area contributed by atoms with Crippen LogP contribution in [0.25, 0.3) is 0 Å². The molecule has 0 N–H and O–H groups in total. The molecule has 0 bridgehead atoms. The first-order valence-electron chi connectivity index (χ1n) is 2.67. The second kappa shape index (κ2) is 7.33. The Morgan fingerprint density at radius 1 is 1.22 bits per heavy atom. The Kier molecular flexibility index (Phi) is 6.78. The van der Waals surface area contributed by atoms with E-state index in [9.17, 15) is 0 Å². The zero-order valence-corrected chi connectivity index (χ0v) is 7.74. The van der Waals surface area contributed by atoms with Crippen LogP contribution in [0.15, 0.2) is 30.6 Å². The normalized spacial score (nSPS) is 7.67. The summed E-state index contributed by atoms with van der Waals surface area (Å²) in [7, 11) is 2.56. The zero-order valence-electron chi connectivity index (χ0n) is 5.74. The van der Waals surface area contributed by atoms with Crippen molar-refractivity contribution in [2.24, 2.45) is 0 Å². The van der Waals surface area contributed by atoms with Crippen LogP contribution in [0.3, 0.4) is 0 Å². The third kappa shape index (κ3) is 7.33. The van der Waals surface area contributed by atoms with Crippen LogP contribution in [0.5, 0.6) is 0 Å². The van der Waals surface area contributed by atoms with E-state index in [1.54, 1.807) is 19.5 Å². The van der Waals surface area contributed by atoms with E-state index in [0.717, 1.165) is 10.5 Å². The second-order valence-electron chi connectivity index (χ2n) is 1.43. The number of aromatic nitrogens is 1. The van der Waals surface area contributed by atoms with Gasteiger partial charge in [0.1, 0.15) is 10.5 Å². The van der Waals surface area contributed by atoms with Crippen LogP contribution in [0.4, 0.5) is 0 Å². The average molecular weight is 141 g/mol. The number of pyridine rings is 1. The number of hydrogen-bond donors (Lipinski definition) is 0. The number of rotatable bonds is 0. The molecule has 1 heterocycles. The summed E-state index contributed by atoms with van der Waals surface area (Å²) in [6.07, 6.45) is 3.50. The first kappa shape index (κ1) is 8.33. The fourth-order valence-electron chi connectivity index (χ4n) is 0.313. The molecule has 0 unspecified atom stereocenters. The summed E-state index contributed by atoms with van der Waals surface area (Å²) in [5, 5.41) is 0. The molecule has 1 aromatic rings. The first-order valence-corrected chi connectivity index (χ1v) is 3.48. The fourth-order valence-corrected chi connectivity index (χ4v) is 0.313. The van der Waals surface area contributed by atoms with E-state index in [4.69, 9.17) is 0 Å². The molecule has 3 heteroatoms. The predicted octanol–water partition coefficient (Wildman–Crippen LogP) is -0.00520. The molecule has 1 rings (SSSR count). The molecule has 2 nitrogen and oxygen atoms in total. The highest BCUT2D eigenvalue weighted by Gasteiger charge is 1.58. The largest absolute Gasteiger partial charge is 0.431 e. The van der Waals surface area contributed by atoms with Gasteiger partial charge in [-0.15, -0.1) is 0 Å². The van der Waals surface area contributed by atoms with Crippen molar-refractivity contribution in [2.75, 3.05) is 7.11 Å². The second-order valence-corrected chi connectivity index (χ2v) is 2.25. The lowest BCUT2D eigenvalue weighted by molar-refractivity contribution is 0.460. The van der Waals surface area contributed by atoms with Gasteiger partial charge < -0.3 is 4.43 Å². The van der Waals surface area contributed by atoms with E-state index in [2.05, 4.69) is 9.41 Å². The van der Waals surface area contributed by atoms with Crippen molar-refractivity contribution in [1.29, 1.82) is 0 Å². The summed E-state index contributed by atoms with van der Waals surface area (Å²) in [5.41, 5.74) is 0. The maximum Gasteiger partial charge on any atom is 0.145 e. The van der Waals surface area contributed by atoms with Crippen LogP contribution < -0.4 is 0 Å². The van der Waals surface area contributed by atoms with E-state index in [1.807, 2.05) is 18.2 Å². The molecule has 0 atom stereocenters. The molecule has 0 radical (unpaired) electrons. The van der Waals surface area contributed by atoms with Gasteiger partial charge in [0.25, 0.3) is 0 Å². The predicted molar refractivity (Wildman–Crippen MR) is 41.2 cm³/mol. The summed E-state index contributed by atoms with van der Waals surface area (Å²) >= 11 is 0. The Morgan fingerprint density at radius 2 is 1.67 bits per heavy atom. The van der Waals surface area contributed by atoms with Gasteiger partial charge in [-0.2, -0.15) is 0 Å². The number of nitrogens with zero attached hydrogens (tertiary/aromatic N) is 1. The lowest BCUT2D eigenvalue weighted by Crippen LogP contribution is -1.60. The van der Waals surface area contributed by atoms with Gasteiger partial charge >= 0.3 is 0 Å². The standard InChI is InChI=1S/C5H5N.CH6OSi/c1-2-4-6-5-3-1;1-2-3/h1-5H;1,3H3. The van der Waals surface area contributed by atoms with Crippen LogP contribution in [0.2, 0.25) is 0 Å². The Bertz CT molecular complexity index is 95.9. The maximum atomic E-state index is 4.39. The topological polar surface area (TPSA) is 22.1 Å². The van der Waals surface area contributed by atoms with E-state index >= 15 is 0 Å². The van der Waals surface area contributed by atoms with Gasteiger partial charge in [0.2, 0.25) is 0 Å². The van der Waals surface area contributed by atoms with Crippen LogP contribution in [-0.4, -0.2) is 22.6 Å². The molecule has 0 aliphatic rings. The molecule has 0 amide bonds. The maximum absolute atomic E-state index is 4.39. The third-order valence-corrected chi connectivity index (χ3v) is 0.566. The summed E-state index contributed by atoms with van der Waals surface area (Å²) in [6.45, 7) is 0. The van der Waals surface area contributed by atoms with Crippen molar-refractivity contribution >= 4 is 10.5 Å². The summed E-state index contributed by atoms with van der Waals surface area (Å²) in [4.78, 5) is 3.78. The van der Waals surface area contributed by atoms with E-state index in [-0.39, 0.29) is 0 Å². The Hall–Kier alpha value is -0.673. The zero-order chi connectivity index (χ0) is 6.95. The van der Waals surface area contributed by atoms with Gasteiger partial charge in [-0.3, -0.25) is 4.98 Å². The van der Waals surface area contributed by atoms with Gasteiger partial charge in [0.05, 0.1) is 0 Å². The van der Waals surface area contributed by atoms with Crippen molar-refractivity contribution < 1.29 is 4.43 Å². The first-order chi connectivity index (χ1) is 4.41. The van der Waals surface area contributed by atoms with E-state index < -0.39 is 0 Å². The highest BCUT2D eigenvalue weighted by atomic mass is 28.2. The van der Waals surface area contributed by atoms with Crippen molar-refractivity contribution in [3.05, 3.63) is 30.6 Å². The molecule has 0 fully saturated rings. The van der Waals surface area contributed by atoms with Gasteiger partial charge in [0.15, 0.2) is 0 Å². The Labute approximate surface area is 58.4 Å². The molecule has 0 aromatic carbocycles. The minimum absolute atomic E-state index is 0.869. The van der Waals surface area contributed by atoms with Gasteiger partial charge in [-0.05, 0) is 12.1 Å². The molecule has 9 heavy (non-hydrogen) atoms. The van der Waals surface area contributed by atoms with E-state index in [0.29, 0.717) is 0 Å². The smallest absolute Gasteiger partial charge is 0.145 e. The molecule has 0 aliphatic carbocycles. The molecule has 1 aromatic heterocycles. The van der Waals surface area contributed by atoms with Crippen LogP contribution in [0.1, 0.15) is 0 Å². The third-order valence-electron chi connectivity index (χ3n) is 0.566. The summed E-state index contributed by atoms with van der Waals surface area (Å²) in [6, 6.07) is 5.72. The highest BCUT2D eigenvalue weighted by Crippen LogP contribution is 1.73. The highest BCUT2D eigenvalue weighted by molar-refractivity contribution is 5.97. The molecule has 50 valence electrons. The quantitative estimate of drug-likeness (QED) is 0.474. The van der Waals surface area contributed by atoms with Gasteiger partial charge in [-0.1, -0.05) is 6.07 Å². The molecule has 0 saturated heterocycles. The van der Waals surface area contributed by atoms with Crippen molar-refractivity contribution in [3.8, 4) is 0 Å². The monoisotopic (exact) mass is 141 g/mol. The van der Waals surface area contributed by atoms with Crippen LogP contribution in [-0.2, 0) is 4.43 Å². The number of hydrogen-bond acceptors (Lipinski definition) is 2. The van der Waals surface area contributed by atoms with Crippen LogP contribution >= 0.6 is 0 Å². The van der Waals surface area contributed by atoms with Gasteiger partial charge in [0, 0.05) is 19.5 Å². The molecular weight excluding hydrogens is 130 g/mol. The Morgan fingerprint density at radius 3 is 1.78 bits per heavy atom.